The lowest BCUT2D eigenvalue weighted by Gasteiger charge is -2.29. The number of ether oxygens (including phenoxy) is 4. The molecule has 3 aromatic rings. The number of hydrogen-bond donors (Lipinski definition) is 2. The second kappa shape index (κ2) is 8.90. The zero-order chi connectivity index (χ0) is 23.8. The van der Waals surface area contributed by atoms with Crippen molar-refractivity contribution < 1.29 is 28.8 Å². The summed E-state index contributed by atoms with van der Waals surface area (Å²) in [4.78, 5) is 15.4. The maximum absolute atomic E-state index is 13.6. The summed E-state index contributed by atoms with van der Waals surface area (Å²) in [5, 5.41) is 17.9. The third-order valence-corrected chi connectivity index (χ3v) is 6.47. The van der Waals surface area contributed by atoms with E-state index >= 15 is 0 Å². The number of phenols is 1. The first-order valence-electron chi connectivity index (χ1n) is 11.2. The van der Waals surface area contributed by atoms with E-state index in [1.807, 2.05) is 24.3 Å². The number of rotatable bonds is 7. The summed E-state index contributed by atoms with van der Waals surface area (Å²) in [5.74, 6) is 1.03. The van der Waals surface area contributed by atoms with Crippen molar-refractivity contribution >= 4 is 5.91 Å². The molecule has 178 valence electrons. The molecule has 0 bridgehead atoms. The van der Waals surface area contributed by atoms with E-state index < -0.39 is 6.04 Å². The fourth-order valence-corrected chi connectivity index (χ4v) is 4.78. The van der Waals surface area contributed by atoms with Crippen LogP contribution in [-0.2, 0) is 4.74 Å². The number of H-pyrrole nitrogens is 1. The first-order valence-corrected chi connectivity index (χ1v) is 11.2. The van der Waals surface area contributed by atoms with E-state index in [4.69, 9.17) is 18.9 Å². The fourth-order valence-electron chi connectivity index (χ4n) is 4.78. The minimum Gasteiger partial charge on any atom is -0.502 e. The molecule has 2 aliphatic heterocycles. The second-order valence-electron chi connectivity index (χ2n) is 8.36. The Labute approximate surface area is 197 Å². The van der Waals surface area contributed by atoms with Crippen molar-refractivity contribution in [2.75, 3.05) is 34.5 Å². The minimum absolute atomic E-state index is 0.0336. The number of fused-ring (bicyclic) bond motifs is 1. The molecule has 1 amide bonds. The third kappa shape index (κ3) is 3.62. The largest absolute Gasteiger partial charge is 0.502 e. The van der Waals surface area contributed by atoms with Crippen molar-refractivity contribution in [1.29, 1.82) is 0 Å². The average molecular weight is 466 g/mol. The number of benzene rings is 2. The summed E-state index contributed by atoms with van der Waals surface area (Å²) in [7, 11) is 4.58. The molecule has 9 heteroatoms. The van der Waals surface area contributed by atoms with Crippen LogP contribution in [0, 0.1) is 0 Å². The molecule has 1 aromatic heterocycles. The highest BCUT2D eigenvalue weighted by Gasteiger charge is 2.44. The van der Waals surface area contributed by atoms with Gasteiger partial charge in [-0.2, -0.15) is 5.10 Å². The van der Waals surface area contributed by atoms with Crippen LogP contribution in [-0.4, -0.2) is 66.7 Å². The zero-order valence-corrected chi connectivity index (χ0v) is 19.3. The van der Waals surface area contributed by atoms with Crippen LogP contribution in [0.15, 0.2) is 36.4 Å². The van der Waals surface area contributed by atoms with Crippen molar-refractivity contribution in [3.8, 4) is 34.3 Å². The van der Waals surface area contributed by atoms with Gasteiger partial charge in [-0.1, -0.05) is 0 Å². The van der Waals surface area contributed by atoms with E-state index in [9.17, 15) is 9.90 Å². The Hall–Kier alpha value is -3.72. The second-order valence-corrected chi connectivity index (χ2v) is 8.36. The highest BCUT2D eigenvalue weighted by atomic mass is 16.5. The molecule has 0 radical (unpaired) electrons. The maximum atomic E-state index is 13.6. The van der Waals surface area contributed by atoms with Gasteiger partial charge in [-0.05, 0) is 54.8 Å². The molecule has 2 atom stereocenters. The topological polar surface area (TPSA) is 106 Å². The van der Waals surface area contributed by atoms with E-state index in [0.717, 1.165) is 35.3 Å². The lowest BCUT2D eigenvalue weighted by molar-refractivity contribution is 0.0495. The number of aromatic hydroxyl groups is 1. The number of phenolic OH excluding ortho intramolecular Hbond substituents is 1. The van der Waals surface area contributed by atoms with Crippen molar-refractivity contribution in [1.82, 2.24) is 15.1 Å². The number of hydrogen-bond acceptors (Lipinski definition) is 7. The van der Waals surface area contributed by atoms with Crippen molar-refractivity contribution in [2.45, 2.75) is 25.0 Å². The molecule has 0 saturated carbocycles. The van der Waals surface area contributed by atoms with Gasteiger partial charge in [-0.3, -0.25) is 9.89 Å². The normalized spacial score (nSPS) is 19.4. The minimum atomic E-state index is -0.467. The third-order valence-electron chi connectivity index (χ3n) is 6.47. The van der Waals surface area contributed by atoms with Crippen LogP contribution >= 0.6 is 0 Å². The van der Waals surface area contributed by atoms with E-state index in [1.165, 1.54) is 14.2 Å². The van der Waals surface area contributed by atoms with Gasteiger partial charge in [-0.15, -0.1) is 0 Å². The summed E-state index contributed by atoms with van der Waals surface area (Å²) in [6.45, 7) is 1.14. The molecular formula is C25H27N3O6. The van der Waals surface area contributed by atoms with Gasteiger partial charge in [0.1, 0.15) is 11.4 Å². The average Bonchev–Trinajstić information content (AvgIpc) is 3.59. The molecule has 9 nitrogen and oxygen atoms in total. The quantitative estimate of drug-likeness (QED) is 0.550. The molecule has 5 rings (SSSR count). The first kappa shape index (κ1) is 22.1. The van der Waals surface area contributed by atoms with Crippen LogP contribution in [0.1, 0.15) is 40.5 Å². The smallest absolute Gasteiger partial charge is 0.273 e. The Bertz CT molecular complexity index is 1170. The molecule has 2 aliphatic rings. The molecule has 2 N–H and O–H groups in total. The molecule has 3 heterocycles. The van der Waals surface area contributed by atoms with Gasteiger partial charge in [0.05, 0.1) is 39.2 Å². The number of nitrogens with one attached hydrogen (secondary N) is 1. The number of nitrogens with zero attached hydrogens (tertiary/aromatic N) is 2. The summed E-state index contributed by atoms with van der Waals surface area (Å²) < 4.78 is 21.9. The van der Waals surface area contributed by atoms with E-state index in [2.05, 4.69) is 10.2 Å². The van der Waals surface area contributed by atoms with Crippen LogP contribution in [0.4, 0.5) is 0 Å². The van der Waals surface area contributed by atoms with Crippen LogP contribution in [0.5, 0.6) is 23.0 Å². The molecule has 0 aliphatic carbocycles. The predicted molar refractivity (Wildman–Crippen MR) is 124 cm³/mol. The molecule has 0 spiro atoms. The number of carbonyl (C=O) groups excluding carboxylic acids is 1. The number of carbonyl (C=O) groups is 1. The zero-order valence-electron chi connectivity index (χ0n) is 19.3. The first-order chi connectivity index (χ1) is 16.5. The summed E-state index contributed by atoms with van der Waals surface area (Å²) in [6.07, 6.45) is 1.84. The van der Waals surface area contributed by atoms with Gasteiger partial charge < -0.3 is 29.0 Å². The molecule has 1 fully saturated rings. The van der Waals surface area contributed by atoms with Gasteiger partial charge in [0.2, 0.25) is 5.75 Å². The Morgan fingerprint density at radius 2 is 1.82 bits per heavy atom. The van der Waals surface area contributed by atoms with Gasteiger partial charge in [0.25, 0.3) is 5.91 Å². The van der Waals surface area contributed by atoms with Crippen LogP contribution < -0.4 is 14.2 Å². The Morgan fingerprint density at radius 1 is 1.12 bits per heavy atom. The Morgan fingerprint density at radius 3 is 2.41 bits per heavy atom. The van der Waals surface area contributed by atoms with Gasteiger partial charge in [-0.25, -0.2) is 0 Å². The molecule has 1 saturated heterocycles. The highest BCUT2D eigenvalue weighted by molar-refractivity contribution is 6.00. The number of amides is 1. The summed E-state index contributed by atoms with van der Waals surface area (Å²) >= 11 is 0. The molecule has 2 aromatic carbocycles. The van der Waals surface area contributed by atoms with Gasteiger partial charge in [0.15, 0.2) is 11.5 Å². The maximum Gasteiger partial charge on any atom is 0.273 e. The monoisotopic (exact) mass is 465 g/mol. The van der Waals surface area contributed by atoms with E-state index in [0.29, 0.717) is 24.5 Å². The van der Waals surface area contributed by atoms with Crippen LogP contribution in [0.3, 0.4) is 0 Å². The lowest BCUT2D eigenvalue weighted by atomic mass is 9.95. The summed E-state index contributed by atoms with van der Waals surface area (Å²) in [6, 6.07) is 10.6. The van der Waals surface area contributed by atoms with Crippen molar-refractivity contribution in [2.24, 2.45) is 0 Å². The van der Waals surface area contributed by atoms with Crippen LogP contribution in [0.2, 0.25) is 0 Å². The fraction of sp³-hybridized carbons (Fsp3) is 0.360. The molecule has 2 unspecified atom stereocenters. The summed E-state index contributed by atoms with van der Waals surface area (Å²) in [5.41, 5.74) is 3.49. The number of aromatic amines is 1. The van der Waals surface area contributed by atoms with E-state index in [-0.39, 0.29) is 29.3 Å². The number of aromatic nitrogens is 2. The number of methoxy groups -OCH3 is 3. The standard InChI is InChI=1S/C25H27N3O6/c1-31-16-8-6-14(7-9-16)21-20-22(27-26-21)25(30)28(13-17-5-4-10-34-17)23(20)15-11-18(32-2)24(29)19(12-15)33-3/h6-9,11-12,17,23,29H,4-5,10,13H2,1-3H3,(H,26,27). The van der Waals surface area contributed by atoms with Crippen molar-refractivity contribution in [3.05, 3.63) is 53.2 Å². The van der Waals surface area contributed by atoms with Gasteiger partial charge >= 0.3 is 0 Å². The van der Waals surface area contributed by atoms with Crippen LogP contribution in [0.25, 0.3) is 11.3 Å². The highest BCUT2D eigenvalue weighted by Crippen LogP contribution is 2.47. The van der Waals surface area contributed by atoms with Gasteiger partial charge in [0, 0.05) is 24.3 Å². The van der Waals surface area contributed by atoms with E-state index in [1.54, 1.807) is 24.1 Å². The SMILES string of the molecule is COc1ccc(-c2n[nH]c3c2C(c2cc(OC)c(O)c(OC)c2)N(CC2CCCO2)C3=O)cc1. The Kier molecular flexibility index (Phi) is 5.79. The molecular weight excluding hydrogens is 438 g/mol. The molecule has 34 heavy (non-hydrogen) atoms. The lowest BCUT2D eigenvalue weighted by Crippen LogP contribution is -2.36. The van der Waals surface area contributed by atoms with Crippen molar-refractivity contribution in [3.63, 3.8) is 0 Å². The predicted octanol–water partition coefficient (Wildman–Crippen LogP) is 3.53. The Balaban J connectivity index is 1.65.